The van der Waals surface area contributed by atoms with Crippen LogP contribution in [-0.2, 0) is 9.47 Å². The fraction of sp³-hybridized carbons (Fsp3) is 0.375. The van der Waals surface area contributed by atoms with Gasteiger partial charge in [0.15, 0.2) is 0 Å². The van der Waals surface area contributed by atoms with Crippen LogP contribution in [-0.4, -0.2) is 36.3 Å². The molecule has 5 nitrogen and oxygen atoms in total. The van der Waals surface area contributed by atoms with Gasteiger partial charge in [-0.25, -0.2) is 14.8 Å². The van der Waals surface area contributed by atoms with E-state index in [2.05, 4.69) is 9.97 Å². The molecule has 0 fully saturated rings. The normalized spacial score (nSPS) is 9.62. The lowest BCUT2D eigenvalue weighted by atomic mass is 10.5. The molecular formula is C8H10N2O3. The number of esters is 1. The van der Waals surface area contributed by atoms with E-state index in [0.29, 0.717) is 6.61 Å². The summed E-state index contributed by atoms with van der Waals surface area (Å²) < 4.78 is 9.49. The molecule has 0 saturated carbocycles. The van der Waals surface area contributed by atoms with Gasteiger partial charge in [0, 0.05) is 19.5 Å². The maximum absolute atomic E-state index is 11.1. The third-order valence-corrected chi connectivity index (χ3v) is 1.27. The molecule has 1 heterocycles. The second-order valence-corrected chi connectivity index (χ2v) is 2.20. The van der Waals surface area contributed by atoms with Crippen LogP contribution < -0.4 is 0 Å². The Balaban J connectivity index is 2.40. The second-order valence-electron chi connectivity index (χ2n) is 2.20. The number of carbonyl (C=O) groups is 1. The van der Waals surface area contributed by atoms with E-state index < -0.39 is 5.97 Å². The predicted molar refractivity (Wildman–Crippen MR) is 44.2 cm³/mol. The Morgan fingerprint density at radius 2 is 2.08 bits per heavy atom. The van der Waals surface area contributed by atoms with E-state index in [1.165, 1.54) is 19.5 Å². The molecule has 1 aromatic rings. The van der Waals surface area contributed by atoms with Crippen LogP contribution in [0, 0.1) is 0 Å². The number of nitrogens with zero attached hydrogens (tertiary/aromatic N) is 2. The summed E-state index contributed by atoms with van der Waals surface area (Å²) in [4.78, 5) is 18.6. The van der Waals surface area contributed by atoms with Crippen molar-refractivity contribution in [1.82, 2.24) is 9.97 Å². The van der Waals surface area contributed by atoms with Crippen molar-refractivity contribution in [2.75, 3.05) is 20.3 Å². The Hall–Kier alpha value is -1.49. The highest BCUT2D eigenvalue weighted by molar-refractivity contribution is 5.84. The first-order valence-electron chi connectivity index (χ1n) is 3.77. The first-order valence-corrected chi connectivity index (χ1v) is 3.77. The largest absolute Gasteiger partial charge is 0.457 e. The van der Waals surface area contributed by atoms with Gasteiger partial charge in [-0.05, 0) is 6.07 Å². The van der Waals surface area contributed by atoms with Crippen molar-refractivity contribution in [3.8, 4) is 0 Å². The highest BCUT2D eigenvalue weighted by Crippen LogP contribution is 1.91. The van der Waals surface area contributed by atoms with Crippen molar-refractivity contribution >= 4 is 5.97 Å². The maximum Gasteiger partial charge on any atom is 0.376 e. The Morgan fingerprint density at radius 1 is 1.38 bits per heavy atom. The Bertz CT molecular complexity index is 263. The number of hydrogen-bond donors (Lipinski definition) is 0. The zero-order valence-corrected chi connectivity index (χ0v) is 7.27. The average Bonchev–Trinajstić information content (AvgIpc) is 2.19. The summed E-state index contributed by atoms with van der Waals surface area (Å²) in [7, 11) is 1.53. The van der Waals surface area contributed by atoms with Crippen molar-refractivity contribution in [1.29, 1.82) is 0 Å². The minimum Gasteiger partial charge on any atom is -0.457 e. The number of carbonyl (C=O) groups excluding carboxylic acids is 1. The second kappa shape index (κ2) is 5.21. The molecular weight excluding hydrogens is 172 g/mol. The summed E-state index contributed by atoms with van der Waals surface area (Å²) in [6, 6.07) is 1.63. The zero-order valence-electron chi connectivity index (χ0n) is 7.27. The molecule has 0 N–H and O–H groups in total. The lowest BCUT2D eigenvalue weighted by Gasteiger charge is -2.01. The maximum atomic E-state index is 11.1. The summed E-state index contributed by atoms with van der Waals surface area (Å²) >= 11 is 0. The van der Waals surface area contributed by atoms with Crippen LogP contribution in [0.2, 0.25) is 0 Å². The molecule has 0 bridgehead atoms. The van der Waals surface area contributed by atoms with Crippen molar-refractivity contribution in [3.63, 3.8) is 0 Å². The molecule has 0 radical (unpaired) electrons. The third kappa shape index (κ3) is 3.16. The van der Waals surface area contributed by atoms with Gasteiger partial charge in [0.25, 0.3) is 0 Å². The molecule has 0 atom stereocenters. The minimum atomic E-state index is -0.530. The molecule has 5 heteroatoms. The lowest BCUT2D eigenvalue weighted by Crippen LogP contribution is -2.12. The monoisotopic (exact) mass is 182 g/mol. The number of aromatic nitrogens is 2. The molecule has 0 aromatic carbocycles. The molecule has 1 aromatic heterocycles. The Labute approximate surface area is 75.7 Å². The van der Waals surface area contributed by atoms with Crippen LogP contribution in [0.25, 0.3) is 0 Å². The van der Waals surface area contributed by atoms with Gasteiger partial charge in [0.1, 0.15) is 6.61 Å². The van der Waals surface area contributed by atoms with E-state index in [4.69, 9.17) is 9.47 Å². The molecule has 0 aliphatic carbocycles. The third-order valence-electron chi connectivity index (χ3n) is 1.27. The summed E-state index contributed by atoms with van der Waals surface area (Å²) in [5, 5.41) is 0. The molecule has 0 amide bonds. The van der Waals surface area contributed by atoms with E-state index in [9.17, 15) is 4.79 Å². The van der Waals surface area contributed by atoms with E-state index >= 15 is 0 Å². The molecule has 0 spiro atoms. The van der Waals surface area contributed by atoms with Gasteiger partial charge in [0.05, 0.1) is 6.61 Å². The smallest absolute Gasteiger partial charge is 0.376 e. The predicted octanol–water partition coefficient (Wildman–Crippen LogP) is 0.280. The van der Waals surface area contributed by atoms with Crippen LogP contribution in [0.3, 0.4) is 0 Å². The van der Waals surface area contributed by atoms with Crippen molar-refractivity contribution in [2.24, 2.45) is 0 Å². The van der Waals surface area contributed by atoms with Crippen molar-refractivity contribution in [3.05, 3.63) is 24.3 Å². The van der Waals surface area contributed by atoms with Crippen LogP contribution in [0.1, 0.15) is 10.6 Å². The zero-order chi connectivity index (χ0) is 9.52. The Morgan fingerprint density at radius 3 is 2.69 bits per heavy atom. The van der Waals surface area contributed by atoms with Gasteiger partial charge < -0.3 is 9.47 Å². The van der Waals surface area contributed by atoms with Crippen LogP contribution in [0.4, 0.5) is 0 Å². The first kappa shape index (κ1) is 9.60. The van der Waals surface area contributed by atoms with Crippen LogP contribution in [0.5, 0.6) is 0 Å². The molecule has 70 valence electrons. The number of hydrogen-bond acceptors (Lipinski definition) is 5. The molecule has 0 aliphatic rings. The van der Waals surface area contributed by atoms with E-state index in [1.807, 2.05) is 0 Å². The van der Waals surface area contributed by atoms with E-state index in [0.717, 1.165) is 0 Å². The molecule has 0 aliphatic heterocycles. The molecule has 13 heavy (non-hydrogen) atoms. The van der Waals surface area contributed by atoms with Gasteiger partial charge in [-0.1, -0.05) is 0 Å². The van der Waals surface area contributed by atoms with E-state index in [-0.39, 0.29) is 12.4 Å². The fourth-order valence-electron chi connectivity index (χ4n) is 0.687. The van der Waals surface area contributed by atoms with E-state index in [1.54, 1.807) is 6.07 Å². The average molecular weight is 182 g/mol. The van der Waals surface area contributed by atoms with Crippen molar-refractivity contribution in [2.45, 2.75) is 0 Å². The van der Waals surface area contributed by atoms with Gasteiger partial charge >= 0.3 is 5.97 Å². The van der Waals surface area contributed by atoms with Gasteiger partial charge in [-0.15, -0.1) is 0 Å². The SMILES string of the molecule is COCCOC(=O)c1ncccn1. The summed E-state index contributed by atoms with van der Waals surface area (Å²) in [6.07, 6.45) is 2.97. The number of rotatable bonds is 4. The standard InChI is InChI=1S/C8H10N2O3/c1-12-5-6-13-8(11)7-9-3-2-4-10-7/h2-4H,5-6H2,1H3. The molecule has 0 saturated heterocycles. The molecule has 0 unspecified atom stereocenters. The fourth-order valence-corrected chi connectivity index (χ4v) is 0.687. The van der Waals surface area contributed by atoms with Gasteiger partial charge in [0.2, 0.25) is 5.82 Å². The number of ether oxygens (including phenoxy) is 2. The van der Waals surface area contributed by atoms with Crippen molar-refractivity contribution < 1.29 is 14.3 Å². The highest BCUT2D eigenvalue weighted by Gasteiger charge is 2.08. The summed E-state index contributed by atoms with van der Waals surface area (Å²) in [5.41, 5.74) is 0. The minimum absolute atomic E-state index is 0.0682. The van der Waals surface area contributed by atoms with Crippen LogP contribution >= 0.6 is 0 Å². The van der Waals surface area contributed by atoms with Gasteiger partial charge in [-0.3, -0.25) is 0 Å². The Kier molecular flexibility index (Phi) is 3.84. The topological polar surface area (TPSA) is 61.3 Å². The first-order chi connectivity index (χ1) is 6.34. The summed E-state index contributed by atoms with van der Waals surface area (Å²) in [6.45, 7) is 0.589. The lowest BCUT2D eigenvalue weighted by molar-refractivity contribution is 0.0374. The number of methoxy groups -OCH3 is 1. The molecule has 1 rings (SSSR count). The van der Waals surface area contributed by atoms with Crippen LogP contribution in [0.15, 0.2) is 18.5 Å². The van der Waals surface area contributed by atoms with Gasteiger partial charge in [-0.2, -0.15) is 0 Å². The quantitative estimate of drug-likeness (QED) is 0.494. The highest BCUT2D eigenvalue weighted by atomic mass is 16.6. The summed E-state index contributed by atoms with van der Waals surface area (Å²) in [5.74, 6) is -0.462.